The third-order valence-electron chi connectivity index (χ3n) is 8.97. The number of phenolic OH excluding ortho intramolecular Hbond substituents is 1. The van der Waals surface area contributed by atoms with Crippen molar-refractivity contribution in [1.82, 2.24) is 15.7 Å². The maximum atomic E-state index is 14.3. The van der Waals surface area contributed by atoms with E-state index >= 15 is 0 Å². The lowest BCUT2D eigenvalue weighted by molar-refractivity contribution is -0.201. The lowest BCUT2D eigenvalue weighted by Crippen LogP contribution is -2.71. The fourth-order valence-electron chi connectivity index (χ4n) is 6.81. The summed E-state index contributed by atoms with van der Waals surface area (Å²) in [6, 6.07) is 12.1. The first-order valence-electron chi connectivity index (χ1n) is 15.0. The maximum absolute atomic E-state index is 14.3. The zero-order chi connectivity index (χ0) is 31.7. The van der Waals surface area contributed by atoms with Crippen molar-refractivity contribution in [2.24, 2.45) is 5.41 Å². The molecule has 4 aliphatic rings. The average Bonchev–Trinajstić information content (AvgIpc) is 3.65. The highest BCUT2D eigenvalue weighted by Gasteiger charge is 2.74. The van der Waals surface area contributed by atoms with E-state index < -0.39 is 65.8 Å². The van der Waals surface area contributed by atoms with E-state index in [0.717, 1.165) is 16.7 Å². The fourth-order valence-corrected chi connectivity index (χ4v) is 6.81. The van der Waals surface area contributed by atoms with E-state index in [2.05, 4.69) is 10.6 Å². The van der Waals surface area contributed by atoms with E-state index in [1.807, 2.05) is 48.6 Å². The standard InChI is InChI=1S/C32H37N3O10/c1-18(37)24(29(39)33-13-14-36)34-31(41)32-15-23-25-26(43-17-42-25)28(32)45-35(27(32)30(40)44-23)16-21-9-3-2-7-19(21)10-6-11-20-8-4-5-12-22(20)38/h2-10,12,18,23-28,36-38H,11,13-17H2,1H3,(H,33,39)(H,34,41). The number of amides is 2. The number of hydrogen-bond donors (Lipinski definition) is 5. The van der Waals surface area contributed by atoms with Gasteiger partial charge in [0.05, 0.1) is 19.3 Å². The summed E-state index contributed by atoms with van der Waals surface area (Å²) in [4.78, 5) is 47.2. The molecule has 13 nitrogen and oxygen atoms in total. The van der Waals surface area contributed by atoms with Crippen LogP contribution in [-0.2, 0) is 46.4 Å². The minimum absolute atomic E-state index is 0.0595. The molecule has 2 bridgehead atoms. The Morgan fingerprint density at radius 1 is 1.11 bits per heavy atom. The van der Waals surface area contributed by atoms with Crippen molar-refractivity contribution in [3.05, 3.63) is 71.3 Å². The Labute approximate surface area is 259 Å². The van der Waals surface area contributed by atoms with Crippen LogP contribution in [0, 0.1) is 5.41 Å². The van der Waals surface area contributed by atoms with Crippen LogP contribution in [0.3, 0.4) is 0 Å². The van der Waals surface area contributed by atoms with E-state index in [-0.39, 0.29) is 38.7 Å². The van der Waals surface area contributed by atoms with Gasteiger partial charge in [0.15, 0.2) is 6.04 Å². The predicted molar refractivity (Wildman–Crippen MR) is 157 cm³/mol. The van der Waals surface area contributed by atoms with E-state index in [1.54, 1.807) is 12.1 Å². The van der Waals surface area contributed by atoms with Gasteiger partial charge in [-0.15, -0.1) is 0 Å². The van der Waals surface area contributed by atoms with Crippen LogP contribution in [0.15, 0.2) is 54.6 Å². The molecule has 45 heavy (non-hydrogen) atoms. The highest BCUT2D eigenvalue weighted by molar-refractivity contribution is 5.96. The number of phenols is 1. The SMILES string of the molecule is CC(O)C(NC(=O)C12CC3OC(=O)C1N(Cc1ccccc1C=CCc1ccccc1O)OC2C1OCOC31)C(=O)NCCO. The minimum atomic E-state index is -1.52. The van der Waals surface area contributed by atoms with Gasteiger partial charge in [-0.3, -0.25) is 19.2 Å². The zero-order valence-electron chi connectivity index (χ0n) is 24.7. The van der Waals surface area contributed by atoms with Crippen molar-refractivity contribution in [3.63, 3.8) is 0 Å². The monoisotopic (exact) mass is 623 g/mol. The zero-order valence-corrected chi connectivity index (χ0v) is 24.7. The van der Waals surface area contributed by atoms with Crippen LogP contribution in [0.5, 0.6) is 5.75 Å². The summed E-state index contributed by atoms with van der Waals surface area (Å²) >= 11 is 0. The molecule has 1 saturated carbocycles. The third-order valence-corrected chi connectivity index (χ3v) is 8.97. The summed E-state index contributed by atoms with van der Waals surface area (Å²) < 4.78 is 17.4. The summed E-state index contributed by atoms with van der Waals surface area (Å²) in [7, 11) is 0. The van der Waals surface area contributed by atoms with Crippen molar-refractivity contribution in [3.8, 4) is 5.75 Å². The van der Waals surface area contributed by atoms with E-state index in [0.29, 0.717) is 6.42 Å². The van der Waals surface area contributed by atoms with E-state index in [1.165, 1.54) is 12.0 Å². The molecule has 3 saturated heterocycles. The number of aromatic hydroxyl groups is 1. The summed E-state index contributed by atoms with van der Waals surface area (Å²) in [5.74, 6) is -1.79. The van der Waals surface area contributed by atoms with Gasteiger partial charge in [0.1, 0.15) is 48.4 Å². The molecule has 1 aliphatic carbocycles. The molecular weight excluding hydrogens is 586 g/mol. The van der Waals surface area contributed by atoms with E-state index in [9.17, 15) is 24.6 Å². The first-order valence-corrected chi connectivity index (χ1v) is 15.0. The van der Waals surface area contributed by atoms with Crippen LogP contribution in [-0.4, -0.2) is 101 Å². The summed E-state index contributed by atoms with van der Waals surface area (Å²) in [5.41, 5.74) is 0.912. The Bertz CT molecular complexity index is 1470. The molecule has 2 aromatic carbocycles. The quantitative estimate of drug-likeness (QED) is 0.216. The average molecular weight is 624 g/mol. The molecule has 5 N–H and O–H groups in total. The van der Waals surface area contributed by atoms with Gasteiger partial charge in [-0.1, -0.05) is 54.6 Å². The molecule has 8 atom stereocenters. The largest absolute Gasteiger partial charge is 0.508 e. The van der Waals surface area contributed by atoms with Crippen molar-refractivity contribution >= 4 is 23.9 Å². The molecule has 240 valence electrons. The molecule has 4 fully saturated rings. The number of ether oxygens (including phenoxy) is 3. The normalized spacial score (nSPS) is 30.0. The second-order valence-corrected chi connectivity index (χ2v) is 11.7. The number of benzene rings is 2. The first kappa shape index (κ1) is 31.1. The molecule has 3 aliphatic heterocycles. The number of aliphatic hydroxyl groups is 2. The molecule has 3 heterocycles. The van der Waals surface area contributed by atoms with Crippen molar-refractivity contribution in [2.75, 3.05) is 19.9 Å². The number of hydrogen-bond acceptors (Lipinski definition) is 11. The lowest BCUT2D eigenvalue weighted by atomic mass is 9.62. The van der Waals surface area contributed by atoms with Gasteiger partial charge in [0.2, 0.25) is 11.8 Å². The van der Waals surface area contributed by atoms with Crippen LogP contribution in [0.25, 0.3) is 6.08 Å². The first-order chi connectivity index (χ1) is 21.7. The Kier molecular flexibility index (Phi) is 8.91. The number of carbonyl (C=O) groups excluding carboxylic acids is 3. The van der Waals surface area contributed by atoms with Gasteiger partial charge in [0.25, 0.3) is 0 Å². The minimum Gasteiger partial charge on any atom is -0.508 e. The lowest BCUT2D eigenvalue weighted by Gasteiger charge is -2.49. The summed E-state index contributed by atoms with van der Waals surface area (Å²) in [6.45, 7) is 1.04. The van der Waals surface area contributed by atoms with Gasteiger partial charge in [-0.2, -0.15) is 5.06 Å². The Balaban J connectivity index is 1.30. The van der Waals surface area contributed by atoms with Gasteiger partial charge in [-0.25, -0.2) is 0 Å². The maximum Gasteiger partial charge on any atom is 0.327 e. The molecule has 13 heteroatoms. The summed E-state index contributed by atoms with van der Waals surface area (Å²) in [6.07, 6.45) is 0.0618. The van der Waals surface area contributed by atoms with Gasteiger partial charge in [-0.05, 0) is 36.1 Å². The second kappa shape index (κ2) is 12.9. The second-order valence-electron chi connectivity index (χ2n) is 11.7. The Morgan fingerprint density at radius 3 is 2.60 bits per heavy atom. The van der Waals surface area contributed by atoms with Crippen LogP contribution in [0.4, 0.5) is 0 Å². The van der Waals surface area contributed by atoms with Crippen molar-refractivity contribution in [2.45, 2.75) is 68.9 Å². The van der Waals surface area contributed by atoms with Gasteiger partial charge >= 0.3 is 5.97 Å². The third kappa shape index (κ3) is 5.71. The number of nitrogens with one attached hydrogen (secondary N) is 2. The molecule has 0 aromatic heterocycles. The number of para-hydroxylation sites is 1. The molecule has 2 amide bonds. The number of allylic oxidation sites excluding steroid dienone is 1. The fraction of sp³-hybridized carbons (Fsp3) is 0.469. The number of hydroxylamine groups is 2. The smallest absolute Gasteiger partial charge is 0.327 e. The molecular formula is C32H37N3O10. The predicted octanol–water partition coefficient (Wildman–Crippen LogP) is 0.164. The van der Waals surface area contributed by atoms with Crippen molar-refractivity contribution < 1.29 is 48.8 Å². The summed E-state index contributed by atoms with van der Waals surface area (Å²) in [5, 5.41) is 36.2. The topological polar surface area (TPSA) is 176 Å². The van der Waals surface area contributed by atoms with Crippen LogP contribution < -0.4 is 10.6 Å². The number of carbonyl (C=O) groups is 3. The highest BCUT2D eigenvalue weighted by atomic mass is 16.8. The number of esters is 1. The molecule has 6 rings (SSSR count). The Morgan fingerprint density at radius 2 is 1.84 bits per heavy atom. The van der Waals surface area contributed by atoms with Crippen LogP contribution in [0.1, 0.15) is 30.0 Å². The Hall–Kier alpha value is -3.85. The van der Waals surface area contributed by atoms with E-state index in [4.69, 9.17) is 24.2 Å². The van der Waals surface area contributed by atoms with Crippen LogP contribution in [0.2, 0.25) is 0 Å². The van der Waals surface area contributed by atoms with Gasteiger partial charge < -0.3 is 40.2 Å². The number of fused-ring (bicyclic) bond motifs is 4. The molecule has 2 aromatic rings. The van der Waals surface area contributed by atoms with Crippen molar-refractivity contribution in [1.29, 1.82) is 0 Å². The van der Waals surface area contributed by atoms with Crippen LogP contribution >= 0.6 is 0 Å². The number of rotatable bonds is 11. The highest BCUT2D eigenvalue weighted by Crippen LogP contribution is 2.55. The molecule has 0 spiro atoms. The molecule has 0 radical (unpaired) electrons. The number of aliphatic hydroxyl groups excluding tert-OH is 2. The number of nitrogens with zero attached hydrogens (tertiary/aromatic N) is 1. The van der Waals surface area contributed by atoms with Gasteiger partial charge in [0, 0.05) is 13.0 Å². The molecule has 8 unspecified atom stereocenters.